The number of urea groups is 1. The summed E-state index contributed by atoms with van der Waals surface area (Å²) in [6.45, 7) is 2.58. The molecule has 3 amide bonds. The van der Waals surface area contributed by atoms with E-state index < -0.39 is 0 Å². The van der Waals surface area contributed by atoms with Gasteiger partial charge in [0.15, 0.2) is 0 Å². The number of amides is 3. The van der Waals surface area contributed by atoms with Crippen LogP contribution < -0.4 is 5.32 Å². The van der Waals surface area contributed by atoms with Crippen LogP contribution in [0.2, 0.25) is 0 Å². The van der Waals surface area contributed by atoms with Gasteiger partial charge in [0.2, 0.25) is 0 Å². The smallest absolute Gasteiger partial charge is 0.313 e. The maximum absolute atomic E-state index is 12.7. The summed E-state index contributed by atoms with van der Waals surface area (Å²) in [6.07, 6.45) is 1.39. The van der Waals surface area contributed by atoms with Crippen LogP contribution in [0, 0.1) is 0 Å². The molecule has 0 aliphatic carbocycles. The molecule has 2 aliphatic heterocycles. The largest absolute Gasteiger partial charge is 0.327 e. The highest BCUT2D eigenvalue weighted by Gasteiger charge is 2.46. The predicted molar refractivity (Wildman–Crippen MR) is 99.4 cm³/mol. The Morgan fingerprint density at radius 2 is 1.69 bits per heavy atom. The second-order valence-electron chi connectivity index (χ2n) is 6.90. The molecule has 4 rings (SSSR count). The fraction of sp³-hybridized carbons (Fsp3) is 0.333. The van der Waals surface area contributed by atoms with E-state index in [1.54, 1.807) is 4.90 Å². The molecule has 0 bridgehead atoms. The molecule has 2 aromatic carbocycles. The van der Waals surface area contributed by atoms with Crippen LogP contribution in [0.1, 0.15) is 23.1 Å². The number of hydrogen-bond donors (Lipinski definition) is 1. The Morgan fingerprint density at radius 1 is 0.962 bits per heavy atom. The molecular weight excluding hydrogens is 326 g/mol. The van der Waals surface area contributed by atoms with Gasteiger partial charge >= 0.3 is 6.03 Å². The van der Waals surface area contributed by atoms with Crippen LogP contribution in [0.4, 0.5) is 4.79 Å². The molecular formula is C21H23N3O2. The van der Waals surface area contributed by atoms with E-state index in [0.29, 0.717) is 19.5 Å². The van der Waals surface area contributed by atoms with Gasteiger partial charge in [0.05, 0.1) is 0 Å². The van der Waals surface area contributed by atoms with Gasteiger partial charge < -0.3 is 10.2 Å². The molecule has 1 saturated heterocycles. The topological polar surface area (TPSA) is 52.7 Å². The van der Waals surface area contributed by atoms with Crippen LogP contribution in [0.3, 0.4) is 0 Å². The first-order chi connectivity index (χ1) is 12.7. The van der Waals surface area contributed by atoms with Crippen molar-refractivity contribution in [1.29, 1.82) is 0 Å². The molecule has 5 nitrogen and oxygen atoms in total. The van der Waals surface area contributed by atoms with Crippen molar-refractivity contribution < 1.29 is 9.59 Å². The molecule has 134 valence electrons. The standard InChI is InChI=1S/C21H23N3O2/c25-20-19-13-17-9-4-5-10-18(17)15-24(19)21(26)23(20)12-6-11-22-14-16-7-2-1-3-8-16/h1-5,7-10,19,22H,6,11-15H2/t19-/m0/s1. The van der Waals surface area contributed by atoms with E-state index in [1.165, 1.54) is 16.0 Å². The third-order valence-electron chi connectivity index (χ3n) is 5.18. The van der Waals surface area contributed by atoms with Gasteiger partial charge in [-0.3, -0.25) is 9.69 Å². The lowest BCUT2D eigenvalue weighted by Crippen LogP contribution is -2.39. The lowest BCUT2D eigenvalue weighted by atomic mass is 9.95. The SMILES string of the molecule is O=C1[C@@H]2Cc3ccccc3CN2C(=O)N1CCCNCc1ccccc1. The molecule has 2 heterocycles. The fourth-order valence-corrected chi connectivity index (χ4v) is 3.77. The number of nitrogens with zero attached hydrogens (tertiary/aromatic N) is 2. The first-order valence-electron chi connectivity index (χ1n) is 9.17. The first-order valence-corrected chi connectivity index (χ1v) is 9.17. The lowest BCUT2D eigenvalue weighted by molar-refractivity contribution is -0.128. The third-order valence-corrected chi connectivity index (χ3v) is 5.18. The number of benzene rings is 2. The average Bonchev–Trinajstić information content (AvgIpc) is 2.91. The van der Waals surface area contributed by atoms with E-state index in [-0.39, 0.29) is 18.0 Å². The molecule has 26 heavy (non-hydrogen) atoms. The Balaban J connectivity index is 1.30. The van der Waals surface area contributed by atoms with Crippen molar-refractivity contribution in [2.75, 3.05) is 13.1 Å². The predicted octanol–water partition coefficient (Wildman–Crippen LogP) is 2.56. The highest BCUT2D eigenvalue weighted by atomic mass is 16.2. The van der Waals surface area contributed by atoms with E-state index in [1.807, 2.05) is 36.4 Å². The number of hydrogen-bond acceptors (Lipinski definition) is 3. The molecule has 0 aromatic heterocycles. The molecule has 0 radical (unpaired) electrons. The second kappa shape index (κ2) is 7.30. The molecule has 1 N–H and O–H groups in total. The third kappa shape index (κ3) is 3.22. The summed E-state index contributed by atoms with van der Waals surface area (Å²) in [5.41, 5.74) is 3.56. The van der Waals surface area contributed by atoms with Crippen LogP contribution in [-0.4, -0.2) is 40.9 Å². The number of imide groups is 1. The molecule has 0 unspecified atom stereocenters. The van der Waals surface area contributed by atoms with Crippen LogP contribution in [0.25, 0.3) is 0 Å². The summed E-state index contributed by atoms with van der Waals surface area (Å²) in [5.74, 6) is -0.0486. The van der Waals surface area contributed by atoms with Crippen LogP contribution in [0.15, 0.2) is 54.6 Å². The number of carbonyl (C=O) groups excluding carboxylic acids is 2. The van der Waals surface area contributed by atoms with Gasteiger partial charge in [-0.25, -0.2) is 4.79 Å². The lowest BCUT2D eigenvalue weighted by Gasteiger charge is -2.28. The number of carbonyl (C=O) groups is 2. The quantitative estimate of drug-likeness (QED) is 0.644. The van der Waals surface area contributed by atoms with E-state index >= 15 is 0 Å². The number of rotatable bonds is 6. The van der Waals surface area contributed by atoms with Gasteiger partial charge in [-0.1, -0.05) is 54.6 Å². The molecule has 1 atom stereocenters. The van der Waals surface area contributed by atoms with Gasteiger partial charge in [0.25, 0.3) is 5.91 Å². The summed E-state index contributed by atoms with van der Waals surface area (Å²) in [6, 6.07) is 17.8. The molecule has 5 heteroatoms. The Labute approximate surface area is 153 Å². The van der Waals surface area contributed by atoms with Crippen molar-refractivity contribution in [2.45, 2.75) is 32.0 Å². The van der Waals surface area contributed by atoms with E-state index in [4.69, 9.17) is 0 Å². The first kappa shape index (κ1) is 16.8. The number of nitrogens with one attached hydrogen (secondary N) is 1. The molecule has 0 saturated carbocycles. The van der Waals surface area contributed by atoms with Gasteiger partial charge in [0, 0.05) is 26.1 Å². The molecule has 2 aromatic rings. The normalized spacial score (nSPS) is 18.8. The average molecular weight is 349 g/mol. The Bertz CT molecular complexity index is 763. The summed E-state index contributed by atoms with van der Waals surface area (Å²) in [5, 5.41) is 3.37. The number of fused-ring (bicyclic) bond motifs is 2. The minimum atomic E-state index is -0.324. The van der Waals surface area contributed by atoms with Crippen LogP contribution in [0.5, 0.6) is 0 Å². The molecule has 1 fully saturated rings. The Kier molecular flexibility index (Phi) is 4.71. The minimum absolute atomic E-state index is 0.0486. The van der Waals surface area contributed by atoms with Crippen molar-refractivity contribution in [3.63, 3.8) is 0 Å². The molecule has 2 aliphatic rings. The summed E-state index contributed by atoms with van der Waals surface area (Å²) >= 11 is 0. The van der Waals surface area contributed by atoms with E-state index in [2.05, 4.69) is 23.5 Å². The maximum atomic E-state index is 12.7. The van der Waals surface area contributed by atoms with Gasteiger partial charge in [-0.15, -0.1) is 0 Å². The van der Waals surface area contributed by atoms with Gasteiger partial charge in [0.1, 0.15) is 6.04 Å². The van der Waals surface area contributed by atoms with Crippen molar-refractivity contribution >= 4 is 11.9 Å². The summed E-state index contributed by atoms with van der Waals surface area (Å²) in [4.78, 5) is 28.5. The summed E-state index contributed by atoms with van der Waals surface area (Å²) in [7, 11) is 0. The molecule has 0 spiro atoms. The monoisotopic (exact) mass is 349 g/mol. The Morgan fingerprint density at radius 3 is 2.50 bits per heavy atom. The van der Waals surface area contributed by atoms with E-state index in [9.17, 15) is 9.59 Å². The van der Waals surface area contributed by atoms with Crippen molar-refractivity contribution in [3.8, 4) is 0 Å². The van der Waals surface area contributed by atoms with Crippen molar-refractivity contribution in [3.05, 3.63) is 71.3 Å². The second-order valence-corrected chi connectivity index (χ2v) is 6.90. The summed E-state index contributed by atoms with van der Waals surface area (Å²) < 4.78 is 0. The van der Waals surface area contributed by atoms with Gasteiger partial charge in [-0.05, 0) is 29.7 Å². The van der Waals surface area contributed by atoms with Crippen molar-refractivity contribution in [2.24, 2.45) is 0 Å². The highest BCUT2D eigenvalue weighted by molar-refractivity contribution is 6.04. The van der Waals surface area contributed by atoms with E-state index in [0.717, 1.165) is 25.1 Å². The minimum Gasteiger partial charge on any atom is -0.313 e. The zero-order valence-corrected chi connectivity index (χ0v) is 14.7. The van der Waals surface area contributed by atoms with Gasteiger partial charge in [-0.2, -0.15) is 0 Å². The van der Waals surface area contributed by atoms with Crippen molar-refractivity contribution in [1.82, 2.24) is 15.1 Å². The van der Waals surface area contributed by atoms with Crippen LogP contribution in [-0.2, 0) is 24.3 Å². The Hall–Kier alpha value is -2.66. The van der Waals surface area contributed by atoms with Crippen LogP contribution >= 0.6 is 0 Å². The zero-order chi connectivity index (χ0) is 17.9. The zero-order valence-electron chi connectivity index (χ0n) is 14.7. The fourth-order valence-electron chi connectivity index (χ4n) is 3.77. The maximum Gasteiger partial charge on any atom is 0.327 e. The highest BCUT2D eigenvalue weighted by Crippen LogP contribution is 2.29.